The van der Waals surface area contributed by atoms with Gasteiger partial charge < -0.3 is 5.32 Å². The maximum Gasteiger partial charge on any atom is 0.159 e. The summed E-state index contributed by atoms with van der Waals surface area (Å²) in [6, 6.07) is 2.26. The van der Waals surface area contributed by atoms with Crippen LogP contribution in [0.2, 0.25) is 0 Å². The molecule has 0 spiro atoms. The molecule has 0 amide bonds. The SMILES string of the molecule is CCNC(C)c1cnc(-c2ccncc2CC)nc1C. The van der Waals surface area contributed by atoms with E-state index in [1.54, 1.807) is 6.20 Å². The Hall–Kier alpha value is -1.81. The fourth-order valence-electron chi connectivity index (χ4n) is 2.37. The van der Waals surface area contributed by atoms with Crippen molar-refractivity contribution >= 4 is 0 Å². The monoisotopic (exact) mass is 270 g/mol. The highest BCUT2D eigenvalue weighted by molar-refractivity contribution is 5.59. The van der Waals surface area contributed by atoms with Gasteiger partial charge in [-0.2, -0.15) is 0 Å². The Morgan fingerprint density at radius 3 is 2.70 bits per heavy atom. The predicted octanol–water partition coefficient (Wildman–Crippen LogP) is 3.08. The Bertz CT molecular complexity index is 580. The summed E-state index contributed by atoms with van der Waals surface area (Å²) in [5.41, 5.74) is 4.44. The second kappa shape index (κ2) is 6.57. The lowest BCUT2D eigenvalue weighted by atomic mass is 10.1. The molecule has 2 aromatic rings. The summed E-state index contributed by atoms with van der Waals surface area (Å²) in [5, 5.41) is 3.39. The lowest BCUT2D eigenvalue weighted by Crippen LogP contribution is -2.19. The summed E-state index contributed by atoms with van der Waals surface area (Å²) in [6.45, 7) is 9.34. The topological polar surface area (TPSA) is 50.7 Å². The Labute approximate surface area is 120 Å². The van der Waals surface area contributed by atoms with Crippen LogP contribution in [0.1, 0.15) is 43.6 Å². The zero-order valence-electron chi connectivity index (χ0n) is 12.6. The Balaban J connectivity index is 2.38. The Kier molecular flexibility index (Phi) is 4.79. The van der Waals surface area contributed by atoms with Crippen molar-refractivity contribution in [1.29, 1.82) is 0 Å². The minimum atomic E-state index is 0.275. The molecular weight excluding hydrogens is 248 g/mol. The standard InChI is InChI=1S/C16H22N4/c1-5-13-9-17-8-7-14(13)16-19-10-15(12(4)20-16)11(3)18-6-2/h7-11,18H,5-6H2,1-4H3. The van der Waals surface area contributed by atoms with Gasteiger partial charge in [0.05, 0.1) is 0 Å². The number of rotatable bonds is 5. The van der Waals surface area contributed by atoms with Crippen molar-refractivity contribution in [1.82, 2.24) is 20.3 Å². The average Bonchev–Trinajstić information content (AvgIpc) is 2.47. The molecule has 0 saturated carbocycles. The molecule has 1 unspecified atom stereocenters. The van der Waals surface area contributed by atoms with Crippen molar-refractivity contribution in [3.63, 3.8) is 0 Å². The zero-order chi connectivity index (χ0) is 14.5. The number of nitrogens with zero attached hydrogens (tertiary/aromatic N) is 3. The van der Waals surface area contributed by atoms with Gasteiger partial charge in [-0.1, -0.05) is 13.8 Å². The summed E-state index contributed by atoms with van der Waals surface area (Å²) < 4.78 is 0. The van der Waals surface area contributed by atoms with Crippen molar-refractivity contribution in [2.75, 3.05) is 6.54 Å². The van der Waals surface area contributed by atoms with E-state index in [0.29, 0.717) is 0 Å². The van der Waals surface area contributed by atoms with Crippen LogP contribution >= 0.6 is 0 Å². The lowest BCUT2D eigenvalue weighted by Gasteiger charge is -2.15. The number of aromatic nitrogens is 3. The normalized spacial score (nSPS) is 12.4. The quantitative estimate of drug-likeness (QED) is 0.907. The fraction of sp³-hybridized carbons (Fsp3) is 0.438. The zero-order valence-corrected chi connectivity index (χ0v) is 12.6. The van der Waals surface area contributed by atoms with Crippen LogP contribution in [0.5, 0.6) is 0 Å². The maximum atomic E-state index is 4.68. The molecule has 1 atom stereocenters. The highest BCUT2D eigenvalue weighted by Gasteiger charge is 2.12. The number of aryl methyl sites for hydroxylation is 2. The molecule has 0 aliphatic heterocycles. The summed E-state index contributed by atoms with van der Waals surface area (Å²) >= 11 is 0. The second-order valence-corrected chi connectivity index (χ2v) is 4.90. The minimum Gasteiger partial charge on any atom is -0.310 e. The van der Waals surface area contributed by atoms with Crippen LogP contribution in [0.25, 0.3) is 11.4 Å². The molecule has 0 radical (unpaired) electrons. The maximum absolute atomic E-state index is 4.68. The van der Waals surface area contributed by atoms with Crippen LogP contribution in [0.3, 0.4) is 0 Å². The van der Waals surface area contributed by atoms with Crippen LogP contribution in [0, 0.1) is 6.92 Å². The van der Waals surface area contributed by atoms with Gasteiger partial charge in [-0.25, -0.2) is 9.97 Å². The van der Waals surface area contributed by atoms with E-state index in [9.17, 15) is 0 Å². The van der Waals surface area contributed by atoms with Crippen molar-refractivity contribution in [2.45, 2.75) is 40.2 Å². The van der Waals surface area contributed by atoms with Gasteiger partial charge in [0, 0.05) is 41.5 Å². The number of pyridine rings is 1. The van der Waals surface area contributed by atoms with E-state index < -0.39 is 0 Å². The van der Waals surface area contributed by atoms with Crippen LogP contribution < -0.4 is 5.32 Å². The third kappa shape index (κ3) is 3.02. The molecule has 0 aliphatic rings. The fourth-order valence-corrected chi connectivity index (χ4v) is 2.37. The first kappa shape index (κ1) is 14.6. The number of hydrogen-bond donors (Lipinski definition) is 1. The van der Waals surface area contributed by atoms with Gasteiger partial charge in [0.15, 0.2) is 5.82 Å². The molecule has 0 aliphatic carbocycles. The first-order valence-electron chi connectivity index (χ1n) is 7.17. The van der Waals surface area contributed by atoms with E-state index in [0.717, 1.165) is 35.6 Å². The van der Waals surface area contributed by atoms with Gasteiger partial charge >= 0.3 is 0 Å². The molecule has 2 heterocycles. The number of nitrogens with one attached hydrogen (secondary N) is 1. The summed E-state index contributed by atoms with van der Waals surface area (Å²) in [7, 11) is 0. The molecule has 0 bridgehead atoms. The van der Waals surface area contributed by atoms with E-state index in [1.165, 1.54) is 5.56 Å². The van der Waals surface area contributed by atoms with Gasteiger partial charge in [-0.3, -0.25) is 4.98 Å². The van der Waals surface area contributed by atoms with Crippen molar-refractivity contribution < 1.29 is 0 Å². The Morgan fingerprint density at radius 2 is 2.05 bits per heavy atom. The summed E-state index contributed by atoms with van der Waals surface area (Å²) in [4.78, 5) is 13.4. The average molecular weight is 270 g/mol. The predicted molar refractivity (Wildman–Crippen MR) is 81.5 cm³/mol. The number of hydrogen-bond acceptors (Lipinski definition) is 4. The minimum absolute atomic E-state index is 0.275. The second-order valence-electron chi connectivity index (χ2n) is 4.90. The third-order valence-electron chi connectivity index (χ3n) is 3.52. The van der Waals surface area contributed by atoms with Gasteiger partial charge in [0.2, 0.25) is 0 Å². The van der Waals surface area contributed by atoms with Gasteiger partial charge in [-0.05, 0) is 38.4 Å². The van der Waals surface area contributed by atoms with Crippen LogP contribution in [0.15, 0.2) is 24.7 Å². The molecule has 20 heavy (non-hydrogen) atoms. The molecule has 2 aromatic heterocycles. The molecule has 0 fully saturated rings. The van der Waals surface area contributed by atoms with Crippen molar-refractivity contribution in [3.05, 3.63) is 41.5 Å². The molecule has 0 saturated heterocycles. The molecule has 4 nitrogen and oxygen atoms in total. The van der Waals surface area contributed by atoms with Gasteiger partial charge in [0.25, 0.3) is 0 Å². The van der Waals surface area contributed by atoms with E-state index in [-0.39, 0.29) is 6.04 Å². The lowest BCUT2D eigenvalue weighted by molar-refractivity contribution is 0.590. The summed E-state index contributed by atoms with van der Waals surface area (Å²) in [6.07, 6.45) is 6.55. The van der Waals surface area contributed by atoms with Gasteiger partial charge in [0.1, 0.15) is 0 Å². The highest BCUT2D eigenvalue weighted by Crippen LogP contribution is 2.22. The van der Waals surface area contributed by atoms with Crippen molar-refractivity contribution in [2.24, 2.45) is 0 Å². The molecular formula is C16H22N4. The summed E-state index contributed by atoms with van der Waals surface area (Å²) in [5.74, 6) is 0.786. The van der Waals surface area contributed by atoms with Crippen LogP contribution in [-0.2, 0) is 6.42 Å². The smallest absolute Gasteiger partial charge is 0.159 e. The molecule has 0 aromatic carbocycles. The Morgan fingerprint density at radius 1 is 1.25 bits per heavy atom. The first-order valence-corrected chi connectivity index (χ1v) is 7.17. The van der Waals surface area contributed by atoms with E-state index >= 15 is 0 Å². The highest BCUT2D eigenvalue weighted by atomic mass is 14.9. The van der Waals surface area contributed by atoms with Crippen molar-refractivity contribution in [3.8, 4) is 11.4 Å². The molecule has 1 N–H and O–H groups in total. The van der Waals surface area contributed by atoms with E-state index in [1.807, 2.05) is 25.4 Å². The van der Waals surface area contributed by atoms with Crippen LogP contribution in [-0.4, -0.2) is 21.5 Å². The third-order valence-corrected chi connectivity index (χ3v) is 3.52. The van der Waals surface area contributed by atoms with E-state index in [2.05, 4.69) is 41.0 Å². The molecule has 106 valence electrons. The molecule has 4 heteroatoms. The van der Waals surface area contributed by atoms with E-state index in [4.69, 9.17) is 0 Å². The first-order chi connectivity index (χ1) is 9.67. The molecule has 2 rings (SSSR count). The van der Waals surface area contributed by atoms with Gasteiger partial charge in [-0.15, -0.1) is 0 Å². The van der Waals surface area contributed by atoms with Crippen LogP contribution in [0.4, 0.5) is 0 Å². The largest absolute Gasteiger partial charge is 0.310 e.